The first kappa shape index (κ1) is 114. The third-order valence-electron chi connectivity index (χ3n) is 19.6. The van der Waals surface area contributed by atoms with Crippen LogP contribution in [0.1, 0.15) is 380 Å². The topological polar surface area (TPSA) is 231 Å². The molecule has 0 saturated carbocycles. The van der Waals surface area contributed by atoms with E-state index in [9.17, 15) is 43.5 Å². The average Bonchev–Trinajstić information content (AvgIpc) is 0.902. The molecule has 0 spiro atoms. The van der Waals surface area contributed by atoms with Crippen LogP contribution in [0, 0.1) is 0 Å². The van der Waals surface area contributed by atoms with Crippen molar-refractivity contribution in [3.63, 3.8) is 0 Å². The molecule has 0 aliphatic heterocycles. The minimum absolute atomic E-state index is 0.0720. The van der Waals surface area contributed by atoms with Crippen LogP contribution in [0.2, 0.25) is 0 Å². The highest BCUT2D eigenvalue weighted by molar-refractivity contribution is 7.47. The minimum Gasteiger partial charge on any atom is -0.463 e. The van der Waals surface area contributed by atoms with E-state index in [1.807, 2.05) is 0 Å². The minimum atomic E-state index is -4.95. The Morgan fingerprint density at radius 2 is 0.420 bits per heavy atom. The highest BCUT2D eigenvalue weighted by Crippen LogP contribution is 2.45. The number of phosphoric acid groups is 2. The second kappa shape index (κ2) is 91.8. The lowest BCUT2D eigenvalue weighted by Crippen LogP contribution is -2.30. The molecule has 0 saturated heterocycles. The Kier molecular flexibility index (Phi) is 87.7. The van der Waals surface area contributed by atoms with E-state index in [0.717, 1.165) is 173 Å². The van der Waals surface area contributed by atoms with Crippen LogP contribution in [-0.4, -0.2) is 95.9 Å². The number of unbranched alkanes of at least 4 members (excludes halogenated alkanes) is 35. The molecular weight excluding hydrogens is 1530 g/mol. The Morgan fingerprint density at radius 1 is 0.235 bits per heavy atom. The number of hydrogen-bond acceptors (Lipinski definition) is 14. The van der Waals surface area contributed by atoms with E-state index >= 15 is 0 Å². The van der Waals surface area contributed by atoms with Crippen molar-refractivity contribution >= 4 is 33.6 Å². The molecule has 119 heavy (non-hydrogen) atoms. The highest BCUT2D eigenvalue weighted by atomic mass is 31.2. The molecule has 0 aliphatic carbocycles. The van der Waals surface area contributed by atoms with Gasteiger partial charge in [0.05, 0.1) is 26.4 Å². The fourth-order valence-electron chi connectivity index (χ4n) is 12.6. The Morgan fingerprint density at radius 3 is 0.664 bits per heavy atom. The largest absolute Gasteiger partial charge is 0.472 e. The summed E-state index contributed by atoms with van der Waals surface area (Å²) in [6, 6.07) is 0. The number of carbonyl (C=O) groups excluding carboxylic acids is 3. The van der Waals surface area contributed by atoms with Crippen LogP contribution in [0.25, 0.3) is 0 Å². The zero-order chi connectivity index (χ0) is 86.5. The number of esters is 3. The van der Waals surface area contributed by atoms with Crippen LogP contribution < -0.4 is 0 Å². The van der Waals surface area contributed by atoms with E-state index in [2.05, 4.69) is 203 Å². The normalized spacial score (nSPS) is 14.6. The summed E-state index contributed by atoms with van der Waals surface area (Å²) in [6.07, 6.45) is 121. The lowest BCUT2D eigenvalue weighted by Gasteiger charge is -2.21. The van der Waals surface area contributed by atoms with Gasteiger partial charge in [-0.1, -0.05) is 389 Å². The summed E-state index contributed by atoms with van der Waals surface area (Å²) < 4.78 is 61.4. The fraction of sp³-hybridized carbons (Fsp3) is 0.673. The number of aliphatic hydroxyl groups excluding tert-OH is 2. The lowest BCUT2D eigenvalue weighted by atomic mass is 10.0. The van der Waals surface area contributed by atoms with Crippen molar-refractivity contribution in [1.82, 2.24) is 0 Å². The molecule has 18 heteroatoms. The maximum atomic E-state index is 13.0. The molecule has 0 rings (SSSR count). The van der Waals surface area contributed by atoms with E-state index in [0.29, 0.717) is 19.3 Å². The number of carbonyl (C=O) groups is 3. The zero-order valence-corrected chi connectivity index (χ0v) is 76.8. The number of allylic oxidation sites excluding steroid dienone is 30. The number of phosphoric ester groups is 2. The van der Waals surface area contributed by atoms with Gasteiger partial charge in [-0.05, 0) is 154 Å². The molecule has 0 aromatic rings. The third kappa shape index (κ3) is 93.2. The molecule has 16 nitrogen and oxygen atoms in total. The molecule has 4 N–H and O–H groups in total. The van der Waals surface area contributed by atoms with Crippen LogP contribution in [0.4, 0.5) is 0 Å². The smallest absolute Gasteiger partial charge is 0.463 e. The maximum absolute atomic E-state index is 13.0. The molecule has 0 radical (unpaired) electrons. The summed E-state index contributed by atoms with van der Waals surface area (Å²) in [6.45, 7) is 2.35. The van der Waals surface area contributed by atoms with Gasteiger partial charge in [0.2, 0.25) is 0 Å². The van der Waals surface area contributed by atoms with Crippen molar-refractivity contribution in [1.29, 1.82) is 0 Å². The predicted octanol–water partition coefficient (Wildman–Crippen LogP) is 29.2. The molecule has 0 bridgehead atoms. The summed E-state index contributed by atoms with van der Waals surface area (Å²) in [5.41, 5.74) is 0. The van der Waals surface area contributed by atoms with E-state index in [4.69, 9.17) is 32.3 Å². The van der Waals surface area contributed by atoms with Crippen molar-refractivity contribution < 1.29 is 75.8 Å². The Hall–Kier alpha value is -5.35. The van der Waals surface area contributed by atoms with Gasteiger partial charge >= 0.3 is 33.6 Å². The molecule has 0 fully saturated rings. The number of rotatable bonds is 88. The Balaban J connectivity index is 4.48. The van der Waals surface area contributed by atoms with E-state index < -0.39 is 91.5 Å². The average molecular weight is 1700 g/mol. The van der Waals surface area contributed by atoms with Crippen LogP contribution in [0.5, 0.6) is 0 Å². The third-order valence-corrected chi connectivity index (χ3v) is 21.5. The molecule has 0 amide bonds. The standard InChI is InChI=1S/C101H170O16P2/c1-4-7-10-13-16-19-22-25-28-31-33-35-37-39-41-43-45-46-47-48-50-52-53-55-57-59-61-64-66-69-72-75-78-81-84-87-99(104)111-90-96(102)91-113-118(107,108)114-92-97(103)93-115-119(109,110)116-95-98(117-101(106)89-86-83-80-77-74-71-68-63-30-27-24-21-18-15-12-9-6-3)94-112-100(105)88-85-82-79-76-73-70-67-65-62-60-58-56-54-51-49-44-42-40-38-36-34-32-29-26-23-20-17-14-11-8-5-2/h7-12,16-21,25-30,33-36,39-42,49,51,68,71,96-98,102-103H,4-6,13-15,22-24,31-32,37-38,43-48,50,52-67,69-70,72-95H2,1-3H3,(H,107,108)(H,109,110)/b10-7-,11-8-,12-9-,19-16-,20-17-,21-18-,28-25-,29-26-,30-27-,35-33-,36-34-,41-39-,42-40-,51-49-,71-68-. The van der Waals surface area contributed by atoms with Gasteiger partial charge in [0, 0.05) is 19.3 Å². The molecular formula is C101H170O16P2. The Labute approximate surface area is 725 Å². The van der Waals surface area contributed by atoms with Crippen molar-refractivity contribution in [2.24, 2.45) is 0 Å². The van der Waals surface area contributed by atoms with Gasteiger partial charge in [0.1, 0.15) is 25.4 Å². The summed E-state index contributed by atoms with van der Waals surface area (Å²) in [4.78, 5) is 59.0. The molecule has 5 unspecified atom stereocenters. The van der Waals surface area contributed by atoms with Gasteiger partial charge in [-0.2, -0.15) is 0 Å². The van der Waals surface area contributed by atoms with Gasteiger partial charge in [0.25, 0.3) is 0 Å². The number of hydrogen-bond donors (Lipinski definition) is 4. The first-order chi connectivity index (χ1) is 58.2. The Bertz CT molecular complexity index is 2890. The molecule has 0 aromatic carbocycles. The van der Waals surface area contributed by atoms with Crippen LogP contribution in [0.3, 0.4) is 0 Å². The number of ether oxygens (including phenoxy) is 3. The molecule has 5 atom stereocenters. The second-order valence-electron chi connectivity index (χ2n) is 31.0. The molecule has 0 aromatic heterocycles. The van der Waals surface area contributed by atoms with Crippen molar-refractivity contribution in [3.05, 3.63) is 182 Å². The maximum Gasteiger partial charge on any atom is 0.472 e. The molecule has 0 aliphatic rings. The van der Waals surface area contributed by atoms with E-state index in [1.54, 1.807) is 0 Å². The quantitative estimate of drug-likeness (QED) is 0.0146. The summed E-state index contributed by atoms with van der Waals surface area (Å²) in [5.74, 6) is -1.60. The first-order valence-electron chi connectivity index (χ1n) is 47.1. The van der Waals surface area contributed by atoms with Gasteiger partial charge in [-0.15, -0.1) is 0 Å². The van der Waals surface area contributed by atoms with Gasteiger partial charge in [-0.25, -0.2) is 9.13 Å². The van der Waals surface area contributed by atoms with Gasteiger partial charge < -0.3 is 34.2 Å². The van der Waals surface area contributed by atoms with Gasteiger partial charge in [-0.3, -0.25) is 32.5 Å². The summed E-state index contributed by atoms with van der Waals surface area (Å²) in [7, 11) is -9.82. The first-order valence-corrected chi connectivity index (χ1v) is 50.1. The highest BCUT2D eigenvalue weighted by Gasteiger charge is 2.29. The molecule has 0 heterocycles. The van der Waals surface area contributed by atoms with Crippen LogP contribution >= 0.6 is 15.6 Å². The monoisotopic (exact) mass is 1700 g/mol. The molecule has 680 valence electrons. The van der Waals surface area contributed by atoms with E-state index in [-0.39, 0.29) is 19.3 Å². The lowest BCUT2D eigenvalue weighted by molar-refractivity contribution is -0.161. The zero-order valence-electron chi connectivity index (χ0n) is 75.0. The van der Waals surface area contributed by atoms with Crippen molar-refractivity contribution in [2.75, 3.05) is 39.6 Å². The SMILES string of the molecule is CC/C=C\C/C=C\C/C=C\C/C=C\C/C=C\C/C=C\CCCCCCCCCCCCCCC(=O)OCC(COP(=O)(O)OCC(O)COP(=O)(O)OCC(O)COC(=O)CCCCCCCCCCCCCCCCCCCCC/C=C\C/C=C\C/C=C\C/C=C\C/C=C\CC)OC(=O)CCCCCC/C=C\C/C=C\C/C=C\C/C=C\CC. The second-order valence-corrected chi connectivity index (χ2v) is 33.9. The fourth-order valence-corrected chi connectivity index (χ4v) is 14.2. The van der Waals surface area contributed by atoms with Crippen LogP contribution in [-0.2, 0) is 55.8 Å². The van der Waals surface area contributed by atoms with Crippen molar-refractivity contribution in [3.8, 4) is 0 Å². The predicted molar refractivity (Wildman–Crippen MR) is 500 cm³/mol. The number of aliphatic hydroxyl groups is 2. The van der Waals surface area contributed by atoms with Crippen LogP contribution in [0.15, 0.2) is 182 Å². The van der Waals surface area contributed by atoms with Gasteiger partial charge in [0.15, 0.2) is 6.10 Å². The van der Waals surface area contributed by atoms with E-state index in [1.165, 1.54) is 148 Å². The summed E-state index contributed by atoms with van der Waals surface area (Å²) >= 11 is 0. The van der Waals surface area contributed by atoms with Crippen molar-refractivity contribution in [2.45, 2.75) is 399 Å². The summed E-state index contributed by atoms with van der Waals surface area (Å²) in [5, 5.41) is 20.7.